The van der Waals surface area contributed by atoms with E-state index in [4.69, 9.17) is 25.8 Å². The third-order valence-corrected chi connectivity index (χ3v) is 3.83. The Labute approximate surface area is 79.2 Å². The Balaban J connectivity index is 4.13. The quantitative estimate of drug-likeness (QED) is 0.383. The lowest BCUT2D eigenvalue weighted by Gasteiger charge is -2.61. The van der Waals surface area contributed by atoms with E-state index < -0.39 is 9.04 Å². The zero-order valence-electron chi connectivity index (χ0n) is 8.20. The largest absolute Gasteiger partial charge is 0.269 e. The summed E-state index contributed by atoms with van der Waals surface area (Å²) in [6, 6.07) is 0. The molecule has 0 spiro atoms. The van der Waals surface area contributed by atoms with E-state index >= 15 is 0 Å². The van der Waals surface area contributed by atoms with Crippen LogP contribution in [0.1, 0.15) is 32.6 Å². The lowest BCUT2D eigenvalue weighted by atomic mass is 10.2. The van der Waals surface area contributed by atoms with Gasteiger partial charge in [0.2, 0.25) is 0 Å². The number of thiocyanates is 1. The molecule has 0 rings (SSSR count). The highest BCUT2D eigenvalue weighted by molar-refractivity contribution is 8.61. The van der Waals surface area contributed by atoms with Crippen LogP contribution in [0.25, 0.3) is 0 Å². The fourth-order valence-electron chi connectivity index (χ4n) is 0.980. The molecule has 0 saturated heterocycles. The molecular formula is C7H21N5S. The maximum Gasteiger partial charge on any atom is 0.145 e. The Hall–Kier alpha value is -0.320. The molecule has 5 nitrogen and oxygen atoms in total. The van der Waals surface area contributed by atoms with E-state index in [1.807, 2.05) is 0 Å². The maximum absolute atomic E-state index is 8.77. The van der Waals surface area contributed by atoms with Crippen molar-refractivity contribution in [2.75, 3.05) is 5.75 Å². The number of nitrogens with two attached hydrogens (primary N) is 4. The molecular weight excluding hydrogens is 186 g/mol. The molecule has 13 heavy (non-hydrogen) atoms. The van der Waals surface area contributed by atoms with Crippen LogP contribution in [-0.4, -0.2) is 5.75 Å². The highest BCUT2D eigenvalue weighted by Gasteiger charge is 2.42. The van der Waals surface area contributed by atoms with E-state index in [1.54, 1.807) is 5.40 Å². The Morgan fingerprint density at radius 2 is 1.62 bits per heavy atom. The first kappa shape index (κ1) is 12.7. The van der Waals surface area contributed by atoms with Gasteiger partial charge < -0.3 is 0 Å². The molecule has 8 N–H and O–H groups in total. The third-order valence-electron chi connectivity index (χ3n) is 1.85. The van der Waals surface area contributed by atoms with Gasteiger partial charge in [0.25, 0.3) is 0 Å². The van der Waals surface area contributed by atoms with Crippen molar-refractivity contribution in [3.63, 3.8) is 0 Å². The molecule has 0 aromatic carbocycles. The number of hydrogen-bond acceptors (Lipinski definition) is 5. The summed E-state index contributed by atoms with van der Waals surface area (Å²) in [5, 5.41) is 32.8. The molecule has 0 atom stereocenters. The maximum atomic E-state index is 8.77. The van der Waals surface area contributed by atoms with Gasteiger partial charge in [-0.1, -0.05) is 35.2 Å². The average molecular weight is 207 g/mol. The number of rotatable bonds is 5. The molecule has 0 aliphatic carbocycles. The van der Waals surface area contributed by atoms with Gasteiger partial charge in [0, 0.05) is 5.75 Å². The Morgan fingerprint density at radius 3 is 2.00 bits per heavy atom. The molecule has 0 aliphatic rings. The summed E-state index contributed by atoms with van der Waals surface area (Å²) in [7, 11) is -4.31. The minimum absolute atomic E-state index is 0.205. The average Bonchev–Trinajstić information content (AvgIpc) is 1.98. The van der Waals surface area contributed by atoms with Crippen molar-refractivity contribution in [3.05, 3.63) is 0 Å². The number of nitrogens with zero attached hydrogens (tertiary/aromatic N) is 1. The van der Waals surface area contributed by atoms with E-state index in [2.05, 4.69) is 6.92 Å². The lowest BCUT2D eigenvalue weighted by molar-refractivity contribution is 0.702. The van der Waals surface area contributed by atoms with Gasteiger partial charge in [0.15, 0.2) is 0 Å². The normalized spacial score (nSPS) is 17.2. The van der Waals surface area contributed by atoms with E-state index in [0.717, 1.165) is 19.3 Å². The van der Waals surface area contributed by atoms with E-state index in [-0.39, 0.29) is 5.75 Å². The van der Waals surface area contributed by atoms with Gasteiger partial charge in [-0.15, -0.1) is 0 Å². The van der Waals surface area contributed by atoms with Crippen molar-refractivity contribution in [1.82, 2.24) is 0 Å². The summed E-state index contributed by atoms with van der Waals surface area (Å²) >= 11 is 0. The number of nitriles is 1. The van der Waals surface area contributed by atoms with Crippen LogP contribution in [0, 0.1) is 10.7 Å². The summed E-state index contributed by atoms with van der Waals surface area (Å²) in [6.07, 6.45) is 3.86. The first-order chi connectivity index (χ1) is 5.62. The van der Waals surface area contributed by atoms with Crippen LogP contribution in [0.4, 0.5) is 0 Å². The van der Waals surface area contributed by atoms with Crippen molar-refractivity contribution in [3.8, 4) is 5.40 Å². The van der Waals surface area contributed by atoms with Crippen molar-refractivity contribution >= 4 is 9.04 Å². The molecule has 6 heteroatoms. The van der Waals surface area contributed by atoms with Crippen molar-refractivity contribution in [2.45, 2.75) is 32.6 Å². The van der Waals surface area contributed by atoms with Crippen LogP contribution in [0.15, 0.2) is 0 Å². The van der Waals surface area contributed by atoms with Gasteiger partial charge in [-0.05, 0) is 6.42 Å². The van der Waals surface area contributed by atoms with Gasteiger partial charge in [-0.3, -0.25) is 20.6 Å². The van der Waals surface area contributed by atoms with Crippen molar-refractivity contribution < 1.29 is 0 Å². The van der Waals surface area contributed by atoms with Crippen LogP contribution in [-0.2, 0) is 0 Å². The zero-order chi connectivity index (χ0) is 10.7. The Morgan fingerprint density at radius 1 is 1.08 bits per heavy atom. The van der Waals surface area contributed by atoms with Gasteiger partial charge in [0.1, 0.15) is 5.40 Å². The Bertz CT molecular complexity index is 220. The molecule has 0 amide bonds. The minimum atomic E-state index is -4.31. The minimum Gasteiger partial charge on any atom is -0.269 e. The molecule has 0 radical (unpaired) electrons. The summed E-state index contributed by atoms with van der Waals surface area (Å²) in [5.41, 5.74) is 0. The summed E-state index contributed by atoms with van der Waals surface area (Å²) in [5.74, 6) is 0.205. The fraction of sp³-hybridized carbons (Fsp3) is 0.857. The van der Waals surface area contributed by atoms with E-state index in [1.165, 1.54) is 0 Å². The molecule has 80 valence electrons. The highest BCUT2D eigenvalue weighted by Crippen LogP contribution is 2.60. The molecule has 0 fully saturated rings. The van der Waals surface area contributed by atoms with Crippen LogP contribution in [0.5, 0.6) is 0 Å². The smallest absolute Gasteiger partial charge is 0.145 e. The van der Waals surface area contributed by atoms with Crippen molar-refractivity contribution in [1.29, 1.82) is 5.26 Å². The second-order valence-corrected chi connectivity index (χ2v) is 8.74. The standard InChI is InChI=1S/C7H21N5S/c1-2-3-4-5-6-13(9,10,11,12)7-8/h2-6,9-12H2,1H3. The topological polar surface area (TPSA) is 128 Å². The van der Waals surface area contributed by atoms with E-state index in [9.17, 15) is 0 Å². The number of unbranched alkanes of at least 4 members (excludes halogenated alkanes) is 3. The molecule has 0 saturated carbocycles. The second kappa shape index (κ2) is 3.12. The number of hydrogen-bond donors (Lipinski definition) is 4. The van der Waals surface area contributed by atoms with Crippen LogP contribution in [0.2, 0.25) is 0 Å². The van der Waals surface area contributed by atoms with Gasteiger partial charge in [-0.2, -0.15) is 5.26 Å². The molecule has 0 unspecified atom stereocenters. The SMILES string of the molecule is CCCCCCS(N)(N)(N)(N)C#N. The molecule has 0 aliphatic heterocycles. The third kappa shape index (κ3) is 5.85. The Kier molecular flexibility index (Phi) is 3.04. The summed E-state index contributed by atoms with van der Waals surface area (Å²) in [4.78, 5) is 0. The van der Waals surface area contributed by atoms with E-state index in [0.29, 0.717) is 6.42 Å². The van der Waals surface area contributed by atoms with Gasteiger partial charge in [-0.25, -0.2) is 0 Å². The molecule has 0 aromatic rings. The summed E-state index contributed by atoms with van der Waals surface area (Å²) in [6.45, 7) is 2.09. The van der Waals surface area contributed by atoms with Gasteiger partial charge in [0.05, 0.1) is 0 Å². The summed E-state index contributed by atoms with van der Waals surface area (Å²) < 4.78 is 0. The van der Waals surface area contributed by atoms with Crippen molar-refractivity contribution in [2.24, 2.45) is 20.6 Å². The second-order valence-electron chi connectivity index (χ2n) is 3.95. The van der Waals surface area contributed by atoms with Crippen LogP contribution >= 0.6 is 9.04 Å². The highest BCUT2D eigenvalue weighted by atomic mass is 32.4. The first-order valence-corrected chi connectivity index (χ1v) is 7.24. The molecule has 0 aromatic heterocycles. The van der Waals surface area contributed by atoms with Gasteiger partial charge >= 0.3 is 0 Å². The molecule has 0 bridgehead atoms. The van der Waals surface area contributed by atoms with Crippen LogP contribution < -0.4 is 20.6 Å². The predicted octanol–water partition coefficient (Wildman–Crippen LogP) is 0.419. The molecule has 0 heterocycles. The van der Waals surface area contributed by atoms with Crippen LogP contribution in [0.3, 0.4) is 0 Å². The first-order valence-electron chi connectivity index (χ1n) is 4.37. The predicted molar refractivity (Wildman–Crippen MR) is 59.0 cm³/mol. The fourth-order valence-corrected chi connectivity index (χ4v) is 2.09. The zero-order valence-corrected chi connectivity index (χ0v) is 9.02. The monoisotopic (exact) mass is 207 g/mol. The lowest BCUT2D eigenvalue weighted by Crippen LogP contribution is -2.66.